The third-order valence-corrected chi connectivity index (χ3v) is 7.18. The van der Waals surface area contributed by atoms with Crippen LogP contribution < -0.4 is 10.6 Å². The molecule has 2 amide bonds. The first-order chi connectivity index (χ1) is 12.4. The van der Waals surface area contributed by atoms with Crippen molar-refractivity contribution in [1.82, 2.24) is 15.6 Å². The average Bonchev–Trinajstić information content (AvgIpc) is 3.21. The van der Waals surface area contributed by atoms with Gasteiger partial charge in [0, 0.05) is 6.54 Å². The Balaban J connectivity index is 1.84. The maximum atomic E-state index is 13.0. The zero-order valence-electron chi connectivity index (χ0n) is 14.9. The molecular weight excluding hydrogens is 390 g/mol. The van der Waals surface area contributed by atoms with Gasteiger partial charge in [-0.1, -0.05) is 30.9 Å². The first-order valence-electron chi connectivity index (χ1n) is 8.79. The van der Waals surface area contributed by atoms with Crippen molar-refractivity contribution < 1.29 is 9.59 Å². The molecule has 1 aliphatic rings. The molecule has 0 aromatic carbocycles. The number of rotatable bonds is 5. The number of carbonyl (C=O) groups is 2. The molecule has 2 aromatic rings. The Labute approximate surface area is 166 Å². The van der Waals surface area contributed by atoms with Crippen LogP contribution in [-0.2, 0) is 4.79 Å². The van der Waals surface area contributed by atoms with Gasteiger partial charge in [0.2, 0.25) is 5.91 Å². The number of thiazole rings is 1. The maximum Gasteiger partial charge on any atom is 0.264 e. The van der Waals surface area contributed by atoms with E-state index in [-0.39, 0.29) is 11.8 Å². The molecule has 1 aliphatic carbocycles. The first kappa shape index (κ1) is 19.3. The summed E-state index contributed by atoms with van der Waals surface area (Å²) >= 11 is 8.78. The summed E-state index contributed by atoms with van der Waals surface area (Å²) in [6.07, 6.45) is 4.33. The lowest BCUT2D eigenvalue weighted by Crippen LogP contribution is -2.59. The molecule has 1 saturated carbocycles. The number of aryl methyl sites for hydroxylation is 1. The fourth-order valence-electron chi connectivity index (χ4n) is 3.31. The second-order valence-corrected chi connectivity index (χ2v) is 9.21. The minimum atomic E-state index is -0.811. The summed E-state index contributed by atoms with van der Waals surface area (Å²) in [5.74, 6) is -0.303. The van der Waals surface area contributed by atoms with Crippen molar-refractivity contribution >= 4 is 46.1 Å². The van der Waals surface area contributed by atoms with Crippen molar-refractivity contribution in [3.05, 3.63) is 27.0 Å². The Hall–Kier alpha value is -1.44. The second-order valence-electron chi connectivity index (χ2n) is 6.49. The Kier molecular flexibility index (Phi) is 5.99. The topological polar surface area (TPSA) is 71.1 Å². The Morgan fingerprint density at radius 2 is 1.96 bits per heavy atom. The number of nitrogens with one attached hydrogen (secondary N) is 2. The largest absolute Gasteiger partial charge is 0.354 e. The maximum absolute atomic E-state index is 13.0. The molecule has 0 bridgehead atoms. The van der Waals surface area contributed by atoms with Crippen LogP contribution in [0, 0.1) is 6.92 Å². The molecule has 0 aliphatic heterocycles. The fraction of sp³-hybridized carbons (Fsp3) is 0.500. The Bertz CT molecular complexity index is 809. The predicted molar refractivity (Wildman–Crippen MR) is 107 cm³/mol. The summed E-state index contributed by atoms with van der Waals surface area (Å²) in [5, 5.41) is 6.70. The monoisotopic (exact) mass is 411 g/mol. The highest BCUT2D eigenvalue weighted by Gasteiger charge is 2.41. The van der Waals surface area contributed by atoms with Crippen molar-refractivity contribution in [2.75, 3.05) is 6.54 Å². The molecule has 0 radical (unpaired) electrons. The lowest BCUT2D eigenvalue weighted by atomic mass is 9.80. The van der Waals surface area contributed by atoms with E-state index in [1.165, 1.54) is 22.7 Å². The molecule has 2 aromatic heterocycles. The minimum Gasteiger partial charge on any atom is -0.354 e. The van der Waals surface area contributed by atoms with Crippen LogP contribution in [0.1, 0.15) is 54.4 Å². The zero-order valence-corrected chi connectivity index (χ0v) is 17.2. The van der Waals surface area contributed by atoms with E-state index in [0.29, 0.717) is 34.3 Å². The van der Waals surface area contributed by atoms with Gasteiger partial charge in [0.05, 0.1) is 14.9 Å². The highest BCUT2D eigenvalue weighted by Crippen LogP contribution is 2.35. The van der Waals surface area contributed by atoms with E-state index in [1.54, 1.807) is 0 Å². The lowest BCUT2D eigenvalue weighted by molar-refractivity contribution is -0.128. The van der Waals surface area contributed by atoms with Crippen molar-refractivity contribution in [3.8, 4) is 9.88 Å². The van der Waals surface area contributed by atoms with Gasteiger partial charge in [0.1, 0.15) is 15.4 Å². The normalized spacial score (nSPS) is 16.3. The van der Waals surface area contributed by atoms with Gasteiger partial charge in [-0.15, -0.1) is 22.7 Å². The van der Waals surface area contributed by atoms with E-state index in [4.69, 9.17) is 11.6 Å². The van der Waals surface area contributed by atoms with Crippen LogP contribution in [0.5, 0.6) is 0 Å². The summed E-state index contributed by atoms with van der Waals surface area (Å²) in [5.41, 5.74) is -0.136. The van der Waals surface area contributed by atoms with Crippen LogP contribution in [0.3, 0.4) is 0 Å². The Morgan fingerprint density at radius 1 is 1.23 bits per heavy atom. The minimum absolute atomic E-state index is 0.0829. The summed E-state index contributed by atoms with van der Waals surface area (Å²) in [7, 11) is 0. The van der Waals surface area contributed by atoms with E-state index in [9.17, 15) is 9.59 Å². The summed E-state index contributed by atoms with van der Waals surface area (Å²) in [6, 6.07) is 3.73. The number of hydrogen-bond donors (Lipinski definition) is 2. The number of carbonyl (C=O) groups excluding carboxylic acids is 2. The van der Waals surface area contributed by atoms with Crippen LogP contribution in [0.2, 0.25) is 4.34 Å². The number of halogens is 1. The fourth-order valence-corrected chi connectivity index (χ4v) is 5.37. The van der Waals surface area contributed by atoms with Gasteiger partial charge in [0.25, 0.3) is 5.91 Å². The van der Waals surface area contributed by atoms with Crippen LogP contribution >= 0.6 is 34.3 Å². The van der Waals surface area contributed by atoms with Crippen LogP contribution in [0.25, 0.3) is 9.88 Å². The molecule has 0 spiro atoms. The molecule has 2 N–H and O–H groups in total. The SMILES string of the molecule is CCNC(=O)C1(NC(=O)c2sc(-c3ccc(Cl)s3)nc2C)CCCCC1. The quantitative estimate of drug-likeness (QED) is 0.765. The molecule has 8 heteroatoms. The molecule has 26 heavy (non-hydrogen) atoms. The summed E-state index contributed by atoms with van der Waals surface area (Å²) in [4.78, 5) is 31.6. The average molecular weight is 412 g/mol. The van der Waals surface area contributed by atoms with E-state index < -0.39 is 5.54 Å². The standard InChI is InChI=1S/C18H22ClN3O2S2/c1-3-20-17(24)18(9-5-4-6-10-18)22-15(23)14-11(2)21-16(26-14)12-7-8-13(19)25-12/h7-8H,3-6,9-10H2,1-2H3,(H,20,24)(H,22,23). The molecule has 1 fully saturated rings. The van der Waals surface area contributed by atoms with Gasteiger partial charge in [0.15, 0.2) is 0 Å². The van der Waals surface area contributed by atoms with Crippen molar-refractivity contribution in [1.29, 1.82) is 0 Å². The molecule has 3 rings (SSSR count). The smallest absolute Gasteiger partial charge is 0.264 e. The number of amides is 2. The van der Waals surface area contributed by atoms with E-state index in [0.717, 1.165) is 29.1 Å². The van der Waals surface area contributed by atoms with E-state index in [2.05, 4.69) is 15.6 Å². The number of nitrogens with zero attached hydrogens (tertiary/aromatic N) is 1. The second kappa shape index (κ2) is 8.06. The molecular formula is C18H22ClN3O2S2. The molecule has 2 heterocycles. The van der Waals surface area contributed by atoms with Crippen molar-refractivity contribution in [3.63, 3.8) is 0 Å². The van der Waals surface area contributed by atoms with Crippen molar-refractivity contribution in [2.24, 2.45) is 0 Å². The third-order valence-electron chi connectivity index (χ3n) is 4.62. The molecule has 140 valence electrons. The zero-order chi connectivity index (χ0) is 18.7. The van der Waals surface area contributed by atoms with Crippen LogP contribution in [0.15, 0.2) is 12.1 Å². The summed E-state index contributed by atoms with van der Waals surface area (Å²) in [6.45, 7) is 4.27. The van der Waals surface area contributed by atoms with Crippen LogP contribution in [0.4, 0.5) is 0 Å². The number of thiophene rings is 1. The Morgan fingerprint density at radius 3 is 2.58 bits per heavy atom. The molecule has 0 atom stereocenters. The number of likely N-dealkylation sites (N-methyl/N-ethyl adjacent to an activating group) is 1. The first-order valence-corrected chi connectivity index (χ1v) is 10.8. The van der Waals surface area contributed by atoms with Gasteiger partial charge in [-0.25, -0.2) is 4.98 Å². The molecule has 0 saturated heterocycles. The van der Waals surface area contributed by atoms with Gasteiger partial charge < -0.3 is 10.6 Å². The van der Waals surface area contributed by atoms with E-state index >= 15 is 0 Å². The van der Waals surface area contributed by atoms with Gasteiger partial charge in [-0.2, -0.15) is 0 Å². The van der Waals surface area contributed by atoms with Gasteiger partial charge in [-0.3, -0.25) is 9.59 Å². The molecule has 5 nitrogen and oxygen atoms in total. The lowest BCUT2D eigenvalue weighted by Gasteiger charge is -2.36. The van der Waals surface area contributed by atoms with Crippen LogP contribution in [-0.4, -0.2) is 28.9 Å². The summed E-state index contributed by atoms with van der Waals surface area (Å²) < 4.78 is 0.691. The van der Waals surface area contributed by atoms with Crippen molar-refractivity contribution in [2.45, 2.75) is 51.5 Å². The third kappa shape index (κ3) is 3.94. The highest BCUT2D eigenvalue weighted by molar-refractivity contribution is 7.24. The van der Waals surface area contributed by atoms with E-state index in [1.807, 2.05) is 26.0 Å². The molecule has 0 unspecified atom stereocenters. The van der Waals surface area contributed by atoms with Gasteiger partial charge in [-0.05, 0) is 38.8 Å². The highest BCUT2D eigenvalue weighted by atomic mass is 35.5. The van der Waals surface area contributed by atoms with Gasteiger partial charge >= 0.3 is 0 Å². The number of hydrogen-bond acceptors (Lipinski definition) is 5. The number of aromatic nitrogens is 1. The predicted octanol–water partition coefficient (Wildman–Crippen LogP) is 4.40.